The molecule has 31 heavy (non-hydrogen) atoms. The summed E-state index contributed by atoms with van der Waals surface area (Å²) in [5.74, 6) is -0.535. The molecule has 3 rings (SSSR count). The molecular formula is C26H33NO4. The first-order valence-electron chi connectivity index (χ1n) is 10.8. The van der Waals surface area contributed by atoms with Crippen LogP contribution in [0.25, 0.3) is 0 Å². The van der Waals surface area contributed by atoms with Crippen LogP contribution in [-0.2, 0) is 22.2 Å². The molecule has 5 heteroatoms. The average molecular weight is 424 g/mol. The van der Waals surface area contributed by atoms with Gasteiger partial charge in [0.2, 0.25) is 0 Å². The van der Waals surface area contributed by atoms with Crippen LogP contribution in [0.3, 0.4) is 0 Å². The van der Waals surface area contributed by atoms with E-state index in [1.54, 1.807) is 24.1 Å². The molecule has 0 saturated carbocycles. The molecule has 0 aliphatic carbocycles. The molecule has 2 aromatic rings. The van der Waals surface area contributed by atoms with Crippen LogP contribution < -0.4 is 4.74 Å². The molecule has 0 spiro atoms. The van der Waals surface area contributed by atoms with Crippen molar-refractivity contribution in [2.75, 3.05) is 13.7 Å². The highest BCUT2D eigenvalue weighted by Gasteiger charge is 2.51. The number of carboxylic acid groups (broad SMARTS) is 1. The predicted molar refractivity (Wildman–Crippen MR) is 122 cm³/mol. The smallest absolute Gasteiger partial charge is 0.334 e. The number of hydrogen-bond donors (Lipinski definition) is 1. The predicted octanol–water partition coefficient (Wildman–Crippen LogP) is 5.02. The van der Waals surface area contributed by atoms with Crippen LogP contribution in [0.15, 0.2) is 42.5 Å². The number of carbonyl (C=O) groups excluding carboxylic acids is 1. The Bertz CT molecular complexity index is 989. The molecule has 1 unspecified atom stereocenters. The van der Waals surface area contributed by atoms with Gasteiger partial charge in [0.25, 0.3) is 5.91 Å². The van der Waals surface area contributed by atoms with E-state index < -0.39 is 11.5 Å². The van der Waals surface area contributed by atoms with Crippen LogP contribution in [0, 0.1) is 5.92 Å². The van der Waals surface area contributed by atoms with E-state index >= 15 is 0 Å². The Kier molecular flexibility index (Phi) is 6.17. The zero-order chi connectivity index (χ0) is 23.0. The molecule has 1 heterocycles. The van der Waals surface area contributed by atoms with Crippen molar-refractivity contribution in [1.29, 1.82) is 0 Å². The van der Waals surface area contributed by atoms with Gasteiger partial charge in [-0.15, -0.1) is 0 Å². The van der Waals surface area contributed by atoms with E-state index in [1.165, 1.54) is 0 Å². The fourth-order valence-electron chi connectivity index (χ4n) is 4.71. The van der Waals surface area contributed by atoms with E-state index in [-0.39, 0.29) is 17.2 Å². The van der Waals surface area contributed by atoms with Crippen molar-refractivity contribution in [3.63, 3.8) is 0 Å². The first kappa shape index (κ1) is 22.9. The normalized spacial score (nSPS) is 18.6. The zero-order valence-electron chi connectivity index (χ0n) is 19.4. The quantitative estimate of drug-likeness (QED) is 0.733. The third-order valence-corrected chi connectivity index (χ3v) is 6.09. The van der Waals surface area contributed by atoms with Crippen molar-refractivity contribution in [2.45, 2.75) is 58.4 Å². The second kappa shape index (κ2) is 8.37. The first-order valence-corrected chi connectivity index (χ1v) is 10.8. The van der Waals surface area contributed by atoms with Gasteiger partial charge < -0.3 is 14.7 Å². The summed E-state index contributed by atoms with van der Waals surface area (Å²) in [4.78, 5) is 28.1. The fourth-order valence-corrected chi connectivity index (χ4v) is 4.71. The van der Waals surface area contributed by atoms with Crippen molar-refractivity contribution in [3.05, 3.63) is 64.7 Å². The van der Waals surface area contributed by atoms with E-state index in [4.69, 9.17) is 4.74 Å². The summed E-state index contributed by atoms with van der Waals surface area (Å²) in [6.45, 7) is 10.6. The molecule has 1 amide bonds. The second-order valence-electron chi connectivity index (χ2n) is 9.79. The molecule has 0 fully saturated rings. The Balaban J connectivity index is 2.14. The SMILES string of the molecule is COc1cc(C(=O)N2CCc3ccccc3C2(CC(C)C)C(=O)O)ccc1C(C)(C)C. The van der Waals surface area contributed by atoms with Crippen molar-refractivity contribution in [3.8, 4) is 5.75 Å². The molecule has 0 radical (unpaired) electrons. The lowest BCUT2D eigenvalue weighted by Crippen LogP contribution is -2.58. The van der Waals surface area contributed by atoms with Crippen molar-refractivity contribution in [2.24, 2.45) is 5.92 Å². The summed E-state index contributed by atoms with van der Waals surface area (Å²) >= 11 is 0. The van der Waals surface area contributed by atoms with Gasteiger partial charge in [0.05, 0.1) is 7.11 Å². The van der Waals surface area contributed by atoms with E-state index in [1.807, 2.05) is 44.2 Å². The van der Waals surface area contributed by atoms with Gasteiger partial charge in [-0.3, -0.25) is 4.79 Å². The molecule has 1 atom stereocenters. The van der Waals surface area contributed by atoms with Crippen LogP contribution in [-0.4, -0.2) is 35.5 Å². The molecule has 1 aliphatic heterocycles. The minimum Gasteiger partial charge on any atom is -0.496 e. The second-order valence-corrected chi connectivity index (χ2v) is 9.79. The number of benzene rings is 2. The lowest BCUT2D eigenvalue weighted by atomic mass is 9.75. The van der Waals surface area contributed by atoms with Crippen LogP contribution in [0.4, 0.5) is 0 Å². The van der Waals surface area contributed by atoms with E-state index in [0.29, 0.717) is 36.3 Å². The average Bonchev–Trinajstić information content (AvgIpc) is 2.71. The van der Waals surface area contributed by atoms with Gasteiger partial charge in [-0.25, -0.2) is 4.79 Å². The minimum absolute atomic E-state index is 0.0929. The standard InChI is InChI=1S/C26H33NO4/c1-17(2)16-26(24(29)30)20-10-8-7-9-18(20)13-14-27(26)23(28)19-11-12-21(25(3,4)5)22(15-19)31-6/h7-12,15,17H,13-14,16H2,1-6H3,(H,29,30). The number of carbonyl (C=O) groups is 2. The van der Waals surface area contributed by atoms with Crippen molar-refractivity contribution in [1.82, 2.24) is 4.90 Å². The molecule has 1 aliphatic rings. The topological polar surface area (TPSA) is 66.8 Å². The maximum atomic E-state index is 13.7. The monoisotopic (exact) mass is 423 g/mol. The minimum atomic E-state index is -1.39. The van der Waals surface area contributed by atoms with Crippen LogP contribution in [0.1, 0.15) is 68.1 Å². The highest BCUT2D eigenvalue weighted by Crippen LogP contribution is 2.42. The number of nitrogens with zero attached hydrogens (tertiary/aromatic N) is 1. The summed E-state index contributed by atoms with van der Waals surface area (Å²) in [6, 6.07) is 13.0. The summed E-state index contributed by atoms with van der Waals surface area (Å²) in [7, 11) is 1.59. The number of ether oxygens (including phenoxy) is 1. The Morgan fingerprint density at radius 2 is 1.84 bits per heavy atom. The van der Waals surface area contributed by atoms with Crippen molar-refractivity contribution < 1.29 is 19.4 Å². The van der Waals surface area contributed by atoms with E-state index in [2.05, 4.69) is 20.8 Å². The van der Waals surface area contributed by atoms with Gasteiger partial charge >= 0.3 is 5.97 Å². The number of methoxy groups -OCH3 is 1. The maximum absolute atomic E-state index is 13.7. The number of amides is 1. The number of rotatable bonds is 5. The summed E-state index contributed by atoms with van der Waals surface area (Å²) in [5.41, 5.74) is 1.63. The molecule has 2 aromatic carbocycles. The molecule has 166 valence electrons. The van der Waals surface area contributed by atoms with Crippen LogP contribution >= 0.6 is 0 Å². The molecular weight excluding hydrogens is 390 g/mol. The fraction of sp³-hybridized carbons (Fsp3) is 0.462. The maximum Gasteiger partial charge on any atom is 0.334 e. The highest BCUT2D eigenvalue weighted by molar-refractivity contribution is 5.99. The van der Waals surface area contributed by atoms with E-state index in [9.17, 15) is 14.7 Å². The van der Waals surface area contributed by atoms with Gasteiger partial charge in [-0.1, -0.05) is 65.0 Å². The Labute approximate surface area is 185 Å². The largest absolute Gasteiger partial charge is 0.496 e. The number of fused-ring (bicyclic) bond motifs is 1. The van der Waals surface area contributed by atoms with Crippen molar-refractivity contribution >= 4 is 11.9 Å². The molecule has 1 N–H and O–H groups in total. The Hall–Kier alpha value is -2.82. The van der Waals surface area contributed by atoms with Gasteiger partial charge in [-0.05, 0) is 53.0 Å². The van der Waals surface area contributed by atoms with Gasteiger partial charge in [0.15, 0.2) is 5.54 Å². The van der Waals surface area contributed by atoms with E-state index in [0.717, 1.165) is 11.1 Å². The molecule has 0 aromatic heterocycles. The Morgan fingerprint density at radius 1 is 1.16 bits per heavy atom. The number of hydrogen-bond acceptors (Lipinski definition) is 3. The highest BCUT2D eigenvalue weighted by atomic mass is 16.5. The number of aliphatic carboxylic acids is 1. The third kappa shape index (κ3) is 4.06. The summed E-state index contributed by atoms with van der Waals surface area (Å²) < 4.78 is 5.58. The third-order valence-electron chi connectivity index (χ3n) is 6.09. The molecule has 0 bridgehead atoms. The first-order chi connectivity index (χ1) is 14.5. The molecule has 5 nitrogen and oxygen atoms in total. The lowest BCUT2D eigenvalue weighted by molar-refractivity contribution is -0.152. The summed E-state index contributed by atoms with van der Waals surface area (Å²) in [5, 5.41) is 10.5. The lowest BCUT2D eigenvalue weighted by Gasteiger charge is -2.46. The summed E-state index contributed by atoms with van der Waals surface area (Å²) in [6.07, 6.45) is 0.981. The van der Waals surface area contributed by atoms with Gasteiger partial charge in [-0.2, -0.15) is 0 Å². The Morgan fingerprint density at radius 3 is 2.42 bits per heavy atom. The van der Waals surface area contributed by atoms with Gasteiger partial charge in [0.1, 0.15) is 5.75 Å². The molecule has 0 saturated heterocycles. The number of carboxylic acids is 1. The zero-order valence-corrected chi connectivity index (χ0v) is 19.4. The van der Waals surface area contributed by atoms with Crippen LogP contribution in [0.2, 0.25) is 0 Å². The van der Waals surface area contributed by atoms with Gasteiger partial charge in [0, 0.05) is 12.1 Å². The van der Waals surface area contributed by atoms with Crippen LogP contribution in [0.5, 0.6) is 5.75 Å².